The molecule has 1 aromatic carbocycles. The monoisotopic (exact) mass is 242 g/mol. The Balaban J connectivity index is 2.52. The molecule has 96 valence electrons. The number of benzene rings is 1. The zero-order valence-electron chi connectivity index (χ0n) is 11.5. The van der Waals surface area contributed by atoms with Crippen molar-refractivity contribution < 1.29 is 4.79 Å². The maximum Gasteiger partial charge on any atom is 0.162 e. The Morgan fingerprint density at radius 1 is 1.17 bits per heavy atom. The standard InChI is InChI=1S/C17H22O/c1-3-5-6-7-8-9-11-15-12-10-13-16(14-15)17(18)4-2/h10,12-14H,3-8H2,1-2H3. The first-order valence-corrected chi connectivity index (χ1v) is 6.90. The van der Waals surface area contributed by atoms with Crippen LogP contribution in [0.4, 0.5) is 0 Å². The van der Waals surface area contributed by atoms with Crippen LogP contribution in [0.5, 0.6) is 0 Å². The maximum absolute atomic E-state index is 11.6. The molecule has 0 aromatic heterocycles. The number of carbonyl (C=O) groups excluding carboxylic acids is 1. The second-order valence-corrected chi connectivity index (χ2v) is 4.47. The molecule has 1 nitrogen and oxygen atoms in total. The van der Waals surface area contributed by atoms with Gasteiger partial charge in [0.15, 0.2) is 5.78 Å². The number of Topliss-reactive ketones (excluding diaryl/α,β-unsaturated/α-hetero) is 1. The summed E-state index contributed by atoms with van der Waals surface area (Å²) in [6, 6.07) is 7.62. The van der Waals surface area contributed by atoms with Gasteiger partial charge in [0.2, 0.25) is 0 Å². The minimum atomic E-state index is 0.182. The van der Waals surface area contributed by atoms with Gasteiger partial charge in [-0.3, -0.25) is 4.79 Å². The molecule has 0 aliphatic rings. The molecule has 0 heterocycles. The van der Waals surface area contributed by atoms with Crippen molar-refractivity contribution in [1.82, 2.24) is 0 Å². The van der Waals surface area contributed by atoms with Gasteiger partial charge in [-0.15, -0.1) is 0 Å². The lowest BCUT2D eigenvalue weighted by Crippen LogP contribution is -1.96. The molecule has 18 heavy (non-hydrogen) atoms. The molecule has 0 amide bonds. The molecule has 0 aliphatic heterocycles. The highest BCUT2D eigenvalue weighted by Gasteiger charge is 2.01. The topological polar surface area (TPSA) is 17.1 Å². The van der Waals surface area contributed by atoms with E-state index in [-0.39, 0.29) is 5.78 Å². The van der Waals surface area contributed by atoms with Crippen LogP contribution in [0.15, 0.2) is 24.3 Å². The third-order valence-corrected chi connectivity index (χ3v) is 2.89. The maximum atomic E-state index is 11.6. The van der Waals surface area contributed by atoms with Crippen LogP contribution >= 0.6 is 0 Å². The summed E-state index contributed by atoms with van der Waals surface area (Å²) in [6.07, 6.45) is 6.49. The lowest BCUT2D eigenvalue weighted by Gasteiger charge is -1.98. The van der Waals surface area contributed by atoms with Gasteiger partial charge in [-0.1, -0.05) is 57.1 Å². The molecule has 0 fully saturated rings. The lowest BCUT2D eigenvalue weighted by molar-refractivity contribution is 0.0988. The van der Waals surface area contributed by atoms with Gasteiger partial charge in [0, 0.05) is 24.0 Å². The van der Waals surface area contributed by atoms with Crippen molar-refractivity contribution in [2.45, 2.75) is 52.4 Å². The first kappa shape index (κ1) is 14.5. The molecule has 0 unspecified atom stereocenters. The van der Waals surface area contributed by atoms with E-state index in [0.29, 0.717) is 6.42 Å². The smallest absolute Gasteiger partial charge is 0.162 e. The summed E-state index contributed by atoms with van der Waals surface area (Å²) in [5, 5.41) is 0. The molecule has 0 bridgehead atoms. The fourth-order valence-electron chi connectivity index (χ4n) is 1.78. The molecule has 0 saturated heterocycles. The predicted molar refractivity (Wildman–Crippen MR) is 76.7 cm³/mol. The van der Waals surface area contributed by atoms with E-state index < -0.39 is 0 Å². The predicted octanol–water partition coefficient (Wildman–Crippen LogP) is 4.60. The number of rotatable bonds is 6. The van der Waals surface area contributed by atoms with Gasteiger partial charge in [0.1, 0.15) is 0 Å². The van der Waals surface area contributed by atoms with Gasteiger partial charge in [0.25, 0.3) is 0 Å². The second kappa shape index (κ2) is 8.53. The first-order valence-electron chi connectivity index (χ1n) is 6.90. The van der Waals surface area contributed by atoms with Crippen molar-refractivity contribution in [3.05, 3.63) is 35.4 Å². The summed E-state index contributed by atoms with van der Waals surface area (Å²) in [5.74, 6) is 6.50. The van der Waals surface area contributed by atoms with Crippen LogP contribution in [-0.2, 0) is 0 Å². The fraction of sp³-hybridized carbons (Fsp3) is 0.471. The van der Waals surface area contributed by atoms with Gasteiger partial charge in [-0.05, 0) is 18.6 Å². The highest BCUT2D eigenvalue weighted by atomic mass is 16.1. The van der Waals surface area contributed by atoms with Crippen molar-refractivity contribution in [3.63, 3.8) is 0 Å². The van der Waals surface area contributed by atoms with E-state index in [0.717, 1.165) is 17.5 Å². The normalized spacial score (nSPS) is 9.67. The van der Waals surface area contributed by atoms with Gasteiger partial charge < -0.3 is 0 Å². The average molecular weight is 242 g/mol. The third-order valence-electron chi connectivity index (χ3n) is 2.89. The highest BCUT2D eigenvalue weighted by molar-refractivity contribution is 5.96. The summed E-state index contributed by atoms with van der Waals surface area (Å²) >= 11 is 0. The molecule has 0 radical (unpaired) electrons. The van der Waals surface area contributed by atoms with Gasteiger partial charge in [-0.2, -0.15) is 0 Å². The van der Waals surface area contributed by atoms with Crippen molar-refractivity contribution >= 4 is 5.78 Å². The van der Waals surface area contributed by atoms with Crippen LogP contribution in [0.25, 0.3) is 0 Å². The molecular weight excluding hydrogens is 220 g/mol. The van der Waals surface area contributed by atoms with Crippen molar-refractivity contribution in [2.24, 2.45) is 0 Å². The SMILES string of the molecule is CCCCCCC#Cc1cccc(C(=O)CC)c1. The Morgan fingerprint density at radius 2 is 2.00 bits per heavy atom. The van der Waals surface area contributed by atoms with E-state index in [2.05, 4.69) is 18.8 Å². The molecule has 0 spiro atoms. The molecule has 0 N–H and O–H groups in total. The molecular formula is C17H22O. The molecule has 1 aromatic rings. The zero-order valence-corrected chi connectivity index (χ0v) is 11.5. The van der Waals surface area contributed by atoms with Crippen molar-refractivity contribution in [1.29, 1.82) is 0 Å². The van der Waals surface area contributed by atoms with Crippen LogP contribution in [0.1, 0.15) is 68.3 Å². The first-order chi connectivity index (χ1) is 8.77. The third kappa shape index (κ3) is 5.19. The van der Waals surface area contributed by atoms with Gasteiger partial charge in [-0.25, -0.2) is 0 Å². The zero-order chi connectivity index (χ0) is 13.2. The van der Waals surface area contributed by atoms with Gasteiger partial charge in [0.05, 0.1) is 0 Å². The largest absolute Gasteiger partial charge is 0.294 e. The van der Waals surface area contributed by atoms with Crippen LogP contribution in [-0.4, -0.2) is 5.78 Å². The molecule has 1 rings (SSSR count). The lowest BCUT2D eigenvalue weighted by atomic mass is 10.1. The van der Waals surface area contributed by atoms with E-state index in [4.69, 9.17) is 0 Å². The number of ketones is 1. The Morgan fingerprint density at radius 3 is 2.72 bits per heavy atom. The van der Waals surface area contributed by atoms with Crippen LogP contribution in [0.3, 0.4) is 0 Å². The Kier molecular flexibility index (Phi) is 6.87. The molecule has 0 atom stereocenters. The van der Waals surface area contributed by atoms with Crippen LogP contribution in [0, 0.1) is 11.8 Å². The summed E-state index contributed by atoms with van der Waals surface area (Å²) in [4.78, 5) is 11.6. The van der Waals surface area contributed by atoms with Crippen molar-refractivity contribution in [2.75, 3.05) is 0 Å². The average Bonchev–Trinajstić information content (AvgIpc) is 2.42. The Hall–Kier alpha value is -1.55. The number of hydrogen-bond donors (Lipinski definition) is 0. The summed E-state index contributed by atoms with van der Waals surface area (Å²) in [5.41, 5.74) is 1.72. The number of unbranched alkanes of at least 4 members (excludes halogenated alkanes) is 4. The van der Waals surface area contributed by atoms with Crippen molar-refractivity contribution in [3.8, 4) is 11.8 Å². The van der Waals surface area contributed by atoms with Crippen LogP contribution in [0.2, 0.25) is 0 Å². The van der Waals surface area contributed by atoms with E-state index >= 15 is 0 Å². The van der Waals surface area contributed by atoms with E-state index in [1.807, 2.05) is 31.2 Å². The van der Waals surface area contributed by atoms with E-state index in [9.17, 15) is 4.79 Å². The quantitative estimate of drug-likeness (QED) is 0.405. The highest BCUT2D eigenvalue weighted by Crippen LogP contribution is 2.07. The van der Waals surface area contributed by atoms with Crippen LogP contribution < -0.4 is 0 Å². The minimum Gasteiger partial charge on any atom is -0.294 e. The summed E-state index contributed by atoms with van der Waals surface area (Å²) in [6.45, 7) is 4.09. The molecule has 0 saturated carbocycles. The second-order valence-electron chi connectivity index (χ2n) is 4.47. The van der Waals surface area contributed by atoms with E-state index in [1.165, 1.54) is 25.7 Å². The number of hydrogen-bond acceptors (Lipinski definition) is 1. The molecule has 0 aliphatic carbocycles. The Labute approximate surface area is 111 Å². The summed E-state index contributed by atoms with van der Waals surface area (Å²) < 4.78 is 0. The van der Waals surface area contributed by atoms with Gasteiger partial charge >= 0.3 is 0 Å². The van der Waals surface area contributed by atoms with E-state index in [1.54, 1.807) is 0 Å². The Bertz CT molecular complexity index is 434. The number of carbonyl (C=O) groups is 1. The fourth-order valence-corrected chi connectivity index (χ4v) is 1.78. The molecule has 1 heteroatoms. The minimum absolute atomic E-state index is 0.182. The summed E-state index contributed by atoms with van der Waals surface area (Å²) in [7, 11) is 0.